The van der Waals surface area contributed by atoms with Crippen LogP contribution in [0.3, 0.4) is 0 Å². The molecule has 1 unspecified atom stereocenters. The van der Waals surface area contributed by atoms with Crippen LogP contribution in [0.1, 0.15) is 30.0 Å². The van der Waals surface area contributed by atoms with Gasteiger partial charge in [-0.3, -0.25) is 4.90 Å². The first-order valence-corrected chi connectivity index (χ1v) is 11.6. The van der Waals surface area contributed by atoms with Crippen molar-refractivity contribution in [3.05, 3.63) is 107 Å². The molecule has 1 aromatic heterocycles. The van der Waals surface area contributed by atoms with E-state index in [4.69, 9.17) is 9.26 Å². The molecular formula is C28H25FN4O3. The highest BCUT2D eigenvalue weighted by Gasteiger charge is 2.35. The van der Waals surface area contributed by atoms with Gasteiger partial charge in [0.05, 0.1) is 18.7 Å². The van der Waals surface area contributed by atoms with E-state index < -0.39 is 6.04 Å². The smallest absolute Gasteiger partial charge is 0.322 e. The highest BCUT2D eigenvalue weighted by atomic mass is 19.1. The molecule has 0 saturated carbocycles. The van der Waals surface area contributed by atoms with E-state index in [9.17, 15) is 9.18 Å². The molecule has 7 nitrogen and oxygen atoms in total. The lowest BCUT2D eigenvalue weighted by Gasteiger charge is -2.35. The number of rotatable bonds is 7. The topological polar surface area (TPSA) is 80.5 Å². The summed E-state index contributed by atoms with van der Waals surface area (Å²) in [5.74, 6) is 1.00. The van der Waals surface area contributed by atoms with Crippen molar-refractivity contribution in [1.82, 2.24) is 20.4 Å². The Kier molecular flexibility index (Phi) is 6.49. The van der Waals surface area contributed by atoms with Crippen LogP contribution in [0.5, 0.6) is 5.75 Å². The monoisotopic (exact) mass is 484 g/mol. The number of ether oxygens (including phenoxy) is 1. The van der Waals surface area contributed by atoms with Crippen molar-refractivity contribution in [2.24, 2.45) is 0 Å². The first-order valence-electron chi connectivity index (χ1n) is 11.6. The van der Waals surface area contributed by atoms with Crippen LogP contribution in [0.2, 0.25) is 0 Å². The van der Waals surface area contributed by atoms with E-state index in [1.807, 2.05) is 61.5 Å². The summed E-state index contributed by atoms with van der Waals surface area (Å²) in [5, 5.41) is 7.23. The summed E-state index contributed by atoms with van der Waals surface area (Å²) in [5.41, 5.74) is 3.93. The Balaban J connectivity index is 1.54. The second-order valence-corrected chi connectivity index (χ2v) is 8.48. The van der Waals surface area contributed by atoms with Gasteiger partial charge >= 0.3 is 6.03 Å². The molecule has 1 aliphatic heterocycles. The molecule has 0 fully saturated rings. The number of nitrogens with zero attached hydrogens (tertiary/aromatic N) is 3. The normalized spacial score (nSPS) is 15.7. The van der Waals surface area contributed by atoms with Gasteiger partial charge in [-0.1, -0.05) is 59.8 Å². The van der Waals surface area contributed by atoms with Crippen molar-refractivity contribution in [3.8, 4) is 17.1 Å². The fourth-order valence-corrected chi connectivity index (χ4v) is 4.33. The minimum absolute atomic E-state index is 0.242. The molecule has 3 aromatic carbocycles. The van der Waals surface area contributed by atoms with Gasteiger partial charge in [0.1, 0.15) is 11.6 Å². The molecule has 0 saturated heterocycles. The second-order valence-electron chi connectivity index (χ2n) is 8.48. The summed E-state index contributed by atoms with van der Waals surface area (Å²) >= 11 is 0. The Bertz CT molecular complexity index is 1400. The lowest BCUT2D eigenvalue weighted by Crippen LogP contribution is -2.46. The van der Waals surface area contributed by atoms with Crippen molar-refractivity contribution in [1.29, 1.82) is 0 Å². The third-order valence-electron chi connectivity index (χ3n) is 6.25. The van der Waals surface area contributed by atoms with Gasteiger partial charge in [-0.15, -0.1) is 0 Å². The molecule has 4 aromatic rings. The van der Waals surface area contributed by atoms with Crippen LogP contribution in [0.4, 0.5) is 9.18 Å². The predicted octanol–water partition coefficient (Wildman–Crippen LogP) is 5.62. The van der Waals surface area contributed by atoms with Crippen LogP contribution in [-0.2, 0) is 6.42 Å². The Labute approximate surface area is 208 Å². The number of methoxy groups -OCH3 is 1. The van der Waals surface area contributed by atoms with Gasteiger partial charge in [-0.05, 0) is 48.7 Å². The summed E-state index contributed by atoms with van der Waals surface area (Å²) in [6.07, 6.45) is 0.680. The second kappa shape index (κ2) is 10.0. The van der Waals surface area contributed by atoms with E-state index in [-0.39, 0.29) is 17.7 Å². The lowest BCUT2D eigenvalue weighted by atomic mass is 9.94. The van der Waals surface area contributed by atoms with Crippen LogP contribution >= 0.6 is 0 Å². The molecule has 0 aliphatic carbocycles. The van der Waals surface area contributed by atoms with E-state index in [1.54, 1.807) is 24.1 Å². The molecule has 1 N–H and O–H groups in total. The van der Waals surface area contributed by atoms with E-state index in [0.717, 1.165) is 11.1 Å². The minimum atomic E-state index is -0.579. The number of aromatic nitrogens is 2. The Morgan fingerprint density at radius 3 is 2.58 bits per heavy atom. The number of hydrogen-bond donors (Lipinski definition) is 1. The maximum atomic E-state index is 13.6. The number of amides is 2. The third-order valence-corrected chi connectivity index (χ3v) is 6.25. The van der Waals surface area contributed by atoms with E-state index in [0.29, 0.717) is 41.4 Å². The predicted molar refractivity (Wildman–Crippen MR) is 133 cm³/mol. The molecule has 0 spiro atoms. The summed E-state index contributed by atoms with van der Waals surface area (Å²) in [6, 6.07) is 22.5. The molecule has 5 rings (SSSR count). The quantitative estimate of drug-likeness (QED) is 0.368. The molecule has 182 valence electrons. The van der Waals surface area contributed by atoms with Crippen LogP contribution in [0.15, 0.2) is 89.1 Å². The largest absolute Gasteiger partial charge is 0.497 e. The first kappa shape index (κ1) is 23.3. The van der Waals surface area contributed by atoms with Crippen LogP contribution in [0.25, 0.3) is 17.0 Å². The number of halogens is 1. The third kappa shape index (κ3) is 4.70. The number of benzene rings is 3. The minimum Gasteiger partial charge on any atom is -0.497 e. The molecule has 2 heterocycles. The van der Waals surface area contributed by atoms with Crippen molar-refractivity contribution >= 4 is 11.6 Å². The molecule has 0 bridgehead atoms. The highest BCUT2D eigenvalue weighted by Crippen LogP contribution is 2.37. The number of carbonyl (C=O) groups is 1. The summed E-state index contributed by atoms with van der Waals surface area (Å²) in [4.78, 5) is 19.5. The van der Waals surface area contributed by atoms with Crippen LogP contribution in [0, 0.1) is 5.82 Å². The van der Waals surface area contributed by atoms with Crippen LogP contribution in [-0.4, -0.2) is 34.7 Å². The zero-order valence-electron chi connectivity index (χ0n) is 19.9. The number of urea groups is 1. The standard InChI is InChI=1S/C28H25FN4O3/c1-18-24(27-31-26(32-36-27)21-9-6-10-23(17-21)35-2)25(20-11-13-22(29)14-12-20)30-28(34)33(18)16-15-19-7-4-3-5-8-19/h3-14,17,25H,15-16H2,1-2H3,(H,30,34). The fourth-order valence-electron chi connectivity index (χ4n) is 4.33. The number of nitrogens with one attached hydrogen (secondary N) is 1. The number of carbonyl (C=O) groups excluding carboxylic acids is 1. The maximum absolute atomic E-state index is 13.6. The Morgan fingerprint density at radius 2 is 1.83 bits per heavy atom. The average Bonchev–Trinajstić information content (AvgIpc) is 3.39. The van der Waals surface area contributed by atoms with E-state index >= 15 is 0 Å². The highest BCUT2D eigenvalue weighted by molar-refractivity contribution is 5.86. The molecule has 1 aliphatic rings. The Hall–Kier alpha value is -4.46. The molecular weight excluding hydrogens is 459 g/mol. The average molecular weight is 485 g/mol. The van der Waals surface area contributed by atoms with E-state index in [2.05, 4.69) is 15.5 Å². The van der Waals surface area contributed by atoms with Gasteiger partial charge in [0.15, 0.2) is 0 Å². The van der Waals surface area contributed by atoms with Gasteiger partial charge in [0.25, 0.3) is 5.89 Å². The van der Waals surface area contributed by atoms with Crippen molar-refractivity contribution in [2.75, 3.05) is 13.7 Å². The van der Waals surface area contributed by atoms with Gasteiger partial charge in [-0.2, -0.15) is 4.98 Å². The molecule has 2 amide bonds. The van der Waals surface area contributed by atoms with Gasteiger partial charge in [0.2, 0.25) is 5.82 Å². The molecule has 0 radical (unpaired) electrons. The zero-order valence-corrected chi connectivity index (χ0v) is 19.9. The zero-order chi connectivity index (χ0) is 25.1. The lowest BCUT2D eigenvalue weighted by molar-refractivity contribution is 0.205. The van der Waals surface area contributed by atoms with Gasteiger partial charge < -0.3 is 14.6 Å². The number of hydrogen-bond acceptors (Lipinski definition) is 5. The Morgan fingerprint density at radius 1 is 1.06 bits per heavy atom. The summed E-state index contributed by atoms with van der Waals surface area (Å²) in [7, 11) is 1.59. The fraction of sp³-hybridized carbons (Fsp3) is 0.179. The van der Waals surface area contributed by atoms with Gasteiger partial charge in [0, 0.05) is 17.8 Å². The first-order chi connectivity index (χ1) is 17.5. The molecule has 8 heteroatoms. The molecule has 36 heavy (non-hydrogen) atoms. The molecule has 1 atom stereocenters. The SMILES string of the molecule is COc1cccc(-c2noc(C3=C(C)N(CCc4ccccc4)C(=O)NC3c3ccc(F)cc3)n2)c1. The van der Waals surface area contributed by atoms with Crippen molar-refractivity contribution < 1.29 is 18.4 Å². The van der Waals surface area contributed by atoms with E-state index in [1.165, 1.54) is 12.1 Å². The van der Waals surface area contributed by atoms with Crippen molar-refractivity contribution in [3.63, 3.8) is 0 Å². The summed E-state index contributed by atoms with van der Waals surface area (Å²) < 4.78 is 24.7. The van der Waals surface area contributed by atoms with Crippen molar-refractivity contribution in [2.45, 2.75) is 19.4 Å². The number of allylic oxidation sites excluding steroid dienone is 1. The summed E-state index contributed by atoms with van der Waals surface area (Å²) in [6.45, 7) is 2.34. The maximum Gasteiger partial charge on any atom is 0.322 e. The van der Waals surface area contributed by atoms with Gasteiger partial charge in [-0.25, -0.2) is 9.18 Å². The van der Waals surface area contributed by atoms with Crippen LogP contribution < -0.4 is 10.1 Å².